The highest BCUT2D eigenvalue weighted by Crippen LogP contribution is 2.48. The van der Waals surface area contributed by atoms with Crippen LogP contribution in [0.15, 0.2) is 48.7 Å². The predicted molar refractivity (Wildman–Crippen MR) is 98.0 cm³/mol. The second-order valence-electron chi connectivity index (χ2n) is 5.54. The Hall–Kier alpha value is -2.97. The molecule has 0 aliphatic heterocycles. The topological polar surface area (TPSA) is 63.5 Å². The van der Waals surface area contributed by atoms with Crippen LogP contribution in [-0.4, -0.2) is 21.3 Å². The van der Waals surface area contributed by atoms with E-state index < -0.39 is 0 Å². The molecular formula is C20H22N2O3. The van der Waals surface area contributed by atoms with Gasteiger partial charge in [0.1, 0.15) is 17.9 Å². The van der Waals surface area contributed by atoms with Gasteiger partial charge < -0.3 is 19.5 Å². The fraction of sp³-hybridized carbons (Fsp3) is 0.250. The first-order chi connectivity index (χ1) is 12.0. The Morgan fingerprint density at radius 3 is 2.32 bits per heavy atom. The average Bonchev–Trinajstić information content (AvgIpc) is 2.63. The molecule has 5 heteroatoms. The van der Waals surface area contributed by atoms with Crippen LogP contribution in [0.1, 0.15) is 22.8 Å². The first-order valence-electron chi connectivity index (χ1n) is 7.75. The van der Waals surface area contributed by atoms with Crippen LogP contribution in [0, 0.1) is 18.3 Å². The van der Waals surface area contributed by atoms with E-state index in [1.165, 1.54) is 5.56 Å². The third-order valence-corrected chi connectivity index (χ3v) is 3.83. The van der Waals surface area contributed by atoms with Gasteiger partial charge in [-0.3, -0.25) is 0 Å². The van der Waals surface area contributed by atoms with Crippen molar-refractivity contribution in [2.24, 2.45) is 0 Å². The zero-order valence-corrected chi connectivity index (χ0v) is 14.9. The van der Waals surface area contributed by atoms with E-state index in [2.05, 4.69) is 18.0 Å². The summed E-state index contributed by atoms with van der Waals surface area (Å²) in [5.41, 5.74) is 4.67. The van der Waals surface area contributed by atoms with Crippen LogP contribution >= 0.6 is 0 Å². The van der Waals surface area contributed by atoms with Gasteiger partial charge in [0.2, 0.25) is 0 Å². The van der Waals surface area contributed by atoms with E-state index in [-0.39, 0.29) is 6.10 Å². The van der Waals surface area contributed by atoms with E-state index in [1.807, 2.05) is 43.3 Å². The Morgan fingerprint density at radius 2 is 1.80 bits per heavy atom. The lowest BCUT2D eigenvalue weighted by molar-refractivity contribution is 0.121. The molecule has 1 N–H and O–H groups in total. The van der Waals surface area contributed by atoms with Crippen LogP contribution in [0.5, 0.6) is 11.5 Å². The smallest absolute Gasteiger partial charge is 0.166 e. The normalized spacial score (nSPS) is 13.5. The third-order valence-electron chi connectivity index (χ3n) is 3.83. The van der Waals surface area contributed by atoms with Gasteiger partial charge in [-0.2, -0.15) is 5.26 Å². The lowest BCUT2D eigenvalue weighted by atomic mass is 9.88. The highest BCUT2D eigenvalue weighted by atomic mass is 16.5. The molecular weight excluding hydrogens is 316 g/mol. The van der Waals surface area contributed by atoms with Gasteiger partial charge in [0.05, 0.1) is 14.2 Å². The molecule has 0 spiro atoms. The van der Waals surface area contributed by atoms with Crippen molar-refractivity contribution >= 4 is 5.69 Å². The van der Waals surface area contributed by atoms with Crippen molar-refractivity contribution in [2.45, 2.75) is 13.0 Å². The van der Waals surface area contributed by atoms with E-state index in [0.717, 1.165) is 28.3 Å². The molecule has 0 fully saturated rings. The SMILES string of the molecule is C=C(C#N)Nc1ccc(C)cc1.COc1cc2cc(c1OC)C2OC. The number of nitrogens with one attached hydrogen (secondary N) is 1. The van der Waals surface area contributed by atoms with Crippen molar-refractivity contribution in [3.05, 3.63) is 65.4 Å². The molecule has 0 aromatic heterocycles. The third kappa shape index (κ3) is 4.11. The van der Waals surface area contributed by atoms with Crippen molar-refractivity contribution in [3.8, 4) is 17.6 Å². The van der Waals surface area contributed by atoms with Crippen molar-refractivity contribution in [2.75, 3.05) is 26.6 Å². The standard InChI is InChI=1S/C10H10N2.C10H12O3/c1-8-3-5-10(6-4-8)12-9(2)7-11;1-11-8-5-6-4-7(9(6)12-2)10(8)13-3/h3-6,12H,2H2,1H3;4-5,9H,1-3H3. The van der Waals surface area contributed by atoms with Gasteiger partial charge in [-0.25, -0.2) is 0 Å². The highest BCUT2D eigenvalue weighted by Gasteiger charge is 2.31. The predicted octanol–water partition coefficient (Wildman–Crippen LogP) is 4.20. The molecule has 2 aliphatic rings. The number of nitriles is 1. The molecule has 25 heavy (non-hydrogen) atoms. The number of anilines is 1. The molecule has 5 nitrogen and oxygen atoms in total. The highest BCUT2D eigenvalue weighted by molar-refractivity contribution is 5.59. The van der Waals surface area contributed by atoms with Crippen molar-refractivity contribution in [3.63, 3.8) is 0 Å². The number of aryl methyl sites for hydroxylation is 1. The fourth-order valence-electron chi connectivity index (χ4n) is 2.55. The number of rotatable bonds is 5. The van der Waals surface area contributed by atoms with Crippen LogP contribution in [-0.2, 0) is 4.74 Å². The molecule has 0 saturated heterocycles. The van der Waals surface area contributed by atoms with Crippen molar-refractivity contribution in [1.29, 1.82) is 5.26 Å². The monoisotopic (exact) mass is 338 g/mol. The minimum atomic E-state index is 0.0776. The first-order valence-corrected chi connectivity index (χ1v) is 7.75. The van der Waals surface area contributed by atoms with Crippen LogP contribution in [0.4, 0.5) is 5.69 Å². The van der Waals surface area contributed by atoms with E-state index in [1.54, 1.807) is 21.3 Å². The number of nitrogens with zero attached hydrogens (tertiary/aromatic N) is 1. The molecule has 0 radical (unpaired) electrons. The summed E-state index contributed by atoms with van der Waals surface area (Å²) >= 11 is 0. The Morgan fingerprint density at radius 1 is 1.12 bits per heavy atom. The Bertz CT molecular complexity index is 792. The molecule has 0 amide bonds. The van der Waals surface area contributed by atoms with Crippen LogP contribution < -0.4 is 14.8 Å². The van der Waals surface area contributed by atoms with E-state index in [0.29, 0.717) is 5.70 Å². The van der Waals surface area contributed by atoms with Gasteiger partial charge in [0, 0.05) is 18.4 Å². The molecule has 0 saturated carbocycles. The largest absolute Gasteiger partial charge is 0.493 e. The Kier molecular flexibility index (Phi) is 6.04. The second-order valence-corrected chi connectivity index (χ2v) is 5.54. The molecule has 2 aromatic rings. The van der Waals surface area contributed by atoms with Crippen LogP contribution in [0.3, 0.4) is 0 Å². The number of methoxy groups -OCH3 is 3. The molecule has 2 bridgehead atoms. The van der Waals surface area contributed by atoms with E-state index >= 15 is 0 Å². The molecule has 0 heterocycles. The lowest BCUT2D eigenvalue weighted by Crippen LogP contribution is -2.15. The summed E-state index contributed by atoms with van der Waals surface area (Å²) in [6, 6.07) is 13.7. The summed E-state index contributed by atoms with van der Waals surface area (Å²) in [5, 5.41) is 11.3. The number of benzene rings is 2. The van der Waals surface area contributed by atoms with Crippen LogP contribution in [0.2, 0.25) is 0 Å². The summed E-state index contributed by atoms with van der Waals surface area (Å²) in [6.45, 7) is 5.54. The maximum absolute atomic E-state index is 8.44. The number of fused-ring (bicyclic) bond motifs is 2. The van der Waals surface area contributed by atoms with Gasteiger partial charge in [-0.1, -0.05) is 24.3 Å². The van der Waals surface area contributed by atoms with E-state index in [9.17, 15) is 0 Å². The van der Waals surface area contributed by atoms with Crippen LogP contribution in [0.25, 0.3) is 0 Å². The number of hydrogen-bond donors (Lipinski definition) is 1. The number of allylic oxidation sites excluding steroid dienone is 1. The zero-order chi connectivity index (χ0) is 18.4. The summed E-state index contributed by atoms with van der Waals surface area (Å²) in [5.74, 6) is 1.56. The Labute approximate surface area is 148 Å². The summed E-state index contributed by atoms with van der Waals surface area (Å²) in [7, 11) is 4.97. The van der Waals surface area contributed by atoms with Crippen molar-refractivity contribution < 1.29 is 14.2 Å². The Balaban J connectivity index is 0.000000181. The summed E-state index contributed by atoms with van der Waals surface area (Å²) in [6.07, 6.45) is 0.0776. The van der Waals surface area contributed by atoms with E-state index in [4.69, 9.17) is 19.5 Å². The average molecular weight is 338 g/mol. The minimum Gasteiger partial charge on any atom is -0.493 e. The minimum absolute atomic E-state index is 0.0776. The van der Waals surface area contributed by atoms with Gasteiger partial charge in [0.25, 0.3) is 0 Å². The van der Waals surface area contributed by atoms with Gasteiger partial charge >= 0.3 is 0 Å². The number of hydrogen-bond acceptors (Lipinski definition) is 5. The molecule has 130 valence electrons. The van der Waals surface area contributed by atoms with Crippen molar-refractivity contribution in [1.82, 2.24) is 0 Å². The summed E-state index contributed by atoms with van der Waals surface area (Å²) in [4.78, 5) is 0. The molecule has 2 aromatic carbocycles. The molecule has 2 aliphatic carbocycles. The molecule has 1 atom stereocenters. The maximum atomic E-state index is 8.44. The lowest BCUT2D eigenvalue weighted by Gasteiger charge is -2.29. The zero-order valence-electron chi connectivity index (χ0n) is 14.9. The summed E-state index contributed by atoms with van der Waals surface area (Å²) < 4.78 is 15.7. The van der Waals surface area contributed by atoms with Gasteiger partial charge in [-0.15, -0.1) is 0 Å². The first kappa shape index (κ1) is 18.4. The molecule has 4 rings (SSSR count). The maximum Gasteiger partial charge on any atom is 0.166 e. The second kappa shape index (κ2) is 8.22. The quantitative estimate of drug-likeness (QED) is 0.828. The van der Waals surface area contributed by atoms with Gasteiger partial charge in [0.15, 0.2) is 11.5 Å². The molecule has 1 unspecified atom stereocenters. The number of ether oxygens (including phenoxy) is 3. The van der Waals surface area contributed by atoms with Gasteiger partial charge in [-0.05, 0) is 36.8 Å². The fourth-order valence-corrected chi connectivity index (χ4v) is 2.55.